The summed E-state index contributed by atoms with van der Waals surface area (Å²) >= 11 is 0. The van der Waals surface area contributed by atoms with E-state index in [1.165, 1.54) is 32.1 Å². The van der Waals surface area contributed by atoms with E-state index in [2.05, 4.69) is 33.6 Å². The maximum atomic E-state index is 9.53. The Morgan fingerprint density at radius 1 is 1.20 bits per heavy atom. The molecule has 30 heavy (non-hydrogen) atoms. The summed E-state index contributed by atoms with van der Waals surface area (Å²) in [7, 11) is 0. The molecular weight excluding hydrogens is 491 g/mol. The third-order valence-corrected chi connectivity index (χ3v) is 5.83. The van der Waals surface area contributed by atoms with Crippen LogP contribution in [0.1, 0.15) is 56.8 Å². The molecule has 3 rings (SSSR count). The van der Waals surface area contributed by atoms with Gasteiger partial charge in [0.1, 0.15) is 11.6 Å². The summed E-state index contributed by atoms with van der Waals surface area (Å²) in [5.74, 6) is 2.60. The van der Waals surface area contributed by atoms with Gasteiger partial charge in [-0.15, -0.1) is 24.0 Å². The summed E-state index contributed by atoms with van der Waals surface area (Å²) in [5.41, 5.74) is 1.25. The van der Waals surface area contributed by atoms with E-state index in [0.717, 1.165) is 42.7 Å². The third-order valence-electron chi connectivity index (χ3n) is 5.83. The topological polar surface area (TPSA) is 87.4 Å². The van der Waals surface area contributed by atoms with Crippen LogP contribution in [-0.2, 0) is 6.54 Å². The van der Waals surface area contributed by atoms with E-state index in [-0.39, 0.29) is 36.0 Å². The van der Waals surface area contributed by atoms with Gasteiger partial charge < -0.3 is 15.7 Å². The number of pyridine rings is 1. The van der Waals surface area contributed by atoms with Crippen molar-refractivity contribution >= 4 is 29.9 Å². The molecule has 8 heteroatoms. The lowest BCUT2D eigenvalue weighted by atomic mass is 9.72. The summed E-state index contributed by atoms with van der Waals surface area (Å²) < 4.78 is 1.96. The number of aliphatic hydroxyl groups excluding tert-OH is 1. The summed E-state index contributed by atoms with van der Waals surface area (Å²) in [5, 5.41) is 16.4. The Morgan fingerprint density at radius 3 is 2.60 bits per heavy atom. The Kier molecular flexibility index (Phi) is 10.0. The van der Waals surface area contributed by atoms with Crippen molar-refractivity contribution < 1.29 is 5.11 Å². The zero-order valence-electron chi connectivity index (χ0n) is 18.1. The largest absolute Gasteiger partial charge is 0.396 e. The minimum absolute atomic E-state index is 0. The lowest BCUT2D eigenvalue weighted by molar-refractivity contribution is 0.131. The molecular formula is C22H35IN6O. The maximum Gasteiger partial charge on any atom is 0.191 e. The molecule has 0 spiro atoms. The number of nitrogens with one attached hydrogen (secondary N) is 2. The van der Waals surface area contributed by atoms with Gasteiger partial charge in [0.15, 0.2) is 5.96 Å². The van der Waals surface area contributed by atoms with E-state index in [4.69, 9.17) is 4.99 Å². The fourth-order valence-electron chi connectivity index (χ4n) is 4.11. The monoisotopic (exact) mass is 526 g/mol. The second kappa shape index (κ2) is 12.2. The smallest absolute Gasteiger partial charge is 0.191 e. The van der Waals surface area contributed by atoms with Crippen LogP contribution in [0.3, 0.4) is 0 Å². The number of halogens is 1. The first-order valence-electron chi connectivity index (χ1n) is 10.7. The molecule has 0 aromatic carbocycles. The highest BCUT2D eigenvalue weighted by molar-refractivity contribution is 14.0. The van der Waals surface area contributed by atoms with Gasteiger partial charge in [-0.25, -0.2) is 15.0 Å². The molecule has 1 fully saturated rings. The van der Waals surface area contributed by atoms with Crippen molar-refractivity contribution in [3.63, 3.8) is 0 Å². The van der Waals surface area contributed by atoms with Crippen LogP contribution < -0.4 is 10.6 Å². The Hall–Kier alpha value is -1.68. The van der Waals surface area contributed by atoms with Crippen molar-refractivity contribution in [2.24, 2.45) is 10.4 Å². The standard InChI is InChI=1S/C22H34N6O.HI/c1-3-23-21(27-17-22(11-14-29)9-5-4-6-10-22)26-16-19-7-8-20(25-15-19)28-13-12-24-18(28)2;/h7-8,12-13,15,29H,3-6,9-11,14,16-17H2,1-2H3,(H2,23,26,27);1H. The number of guanidine groups is 1. The normalized spacial score (nSPS) is 16.0. The molecule has 7 nitrogen and oxygen atoms in total. The van der Waals surface area contributed by atoms with Crippen molar-refractivity contribution in [3.05, 3.63) is 42.1 Å². The number of imidazole rings is 1. The van der Waals surface area contributed by atoms with Gasteiger partial charge in [0.05, 0.1) is 6.54 Å². The number of aliphatic imine (C=N–C) groups is 1. The predicted octanol–water partition coefficient (Wildman–Crippen LogP) is 3.58. The molecule has 1 saturated carbocycles. The van der Waals surface area contributed by atoms with E-state index in [1.54, 1.807) is 6.20 Å². The quantitative estimate of drug-likeness (QED) is 0.278. The molecule has 0 bridgehead atoms. The summed E-state index contributed by atoms with van der Waals surface area (Å²) in [6, 6.07) is 4.06. The molecule has 2 heterocycles. The zero-order chi connectivity index (χ0) is 20.5. The first kappa shape index (κ1) is 24.6. The van der Waals surface area contributed by atoms with Gasteiger partial charge in [-0.05, 0) is 50.2 Å². The van der Waals surface area contributed by atoms with E-state index < -0.39 is 0 Å². The molecule has 166 valence electrons. The molecule has 0 amide bonds. The third kappa shape index (κ3) is 6.66. The molecule has 0 saturated heterocycles. The summed E-state index contributed by atoms with van der Waals surface area (Å²) in [6.45, 7) is 6.53. The van der Waals surface area contributed by atoms with E-state index in [0.29, 0.717) is 6.54 Å². The molecule has 2 aromatic heterocycles. The van der Waals surface area contributed by atoms with Gasteiger partial charge in [0, 0.05) is 38.3 Å². The second-order valence-electron chi connectivity index (χ2n) is 7.95. The second-order valence-corrected chi connectivity index (χ2v) is 7.95. The van der Waals surface area contributed by atoms with Gasteiger partial charge in [0.2, 0.25) is 0 Å². The van der Waals surface area contributed by atoms with E-state index in [9.17, 15) is 5.11 Å². The number of aromatic nitrogens is 3. The molecule has 0 unspecified atom stereocenters. The predicted molar refractivity (Wildman–Crippen MR) is 132 cm³/mol. The summed E-state index contributed by atoms with van der Waals surface area (Å²) in [6.07, 6.45) is 12.6. The number of hydrogen-bond donors (Lipinski definition) is 3. The lowest BCUT2D eigenvalue weighted by Gasteiger charge is -2.37. The van der Waals surface area contributed by atoms with E-state index in [1.807, 2.05) is 30.0 Å². The number of aliphatic hydroxyl groups is 1. The number of nitrogens with zero attached hydrogens (tertiary/aromatic N) is 4. The highest BCUT2D eigenvalue weighted by Gasteiger charge is 2.31. The van der Waals surface area contributed by atoms with Crippen molar-refractivity contribution in [1.29, 1.82) is 0 Å². The highest BCUT2D eigenvalue weighted by Crippen LogP contribution is 2.38. The van der Waals surface area contributed by atoms with Gasteiger partial charge in [0.25, 0.3) is 0 Å². The number of rotatable bonds is 8. The minimum Gasteiger partial charge on any atom is -0.396 e. The molecule has 0 atom stereocenters. The number of hydrogen-bond acceptors (Lipinski definition) is 4. The van der Waals surface area contributed by atoms with Crippen LogP contribution in [0.5, 0.6) is 0 Å². The maximum absolute atomic E-state index is 9.53. The minimum atomic E-state index is 0. The Bertz CT molecular complexity index is 778. The van der Waals surface area contributed by atoms with Gasteiger partial charge in [-0.3, -0.25) is 4.57 Å². The van der Waals surface area contributed by atoms with Gasteiger partial charge in [-0.2, -0.15) is 0 Å². The Balaban J connectivity index is 0.00000320. The molecule has 0 aliphatic heterocycles. The first-order chi connectivity index (χ1) is 14.2. The van der Waals surface area contributed by atoms with Crippen LogP contribution in [0.2, 0.25) is 0 Å². The van der Waals surface area contributed by atoms with Crippen LogP contribution in [-0.4, -0.2) is 45.3 Å². The Morgan fingerprint density at radius 2 is 2.00 bits per heavy atom. The number of aryl methyl sites for hydroxylation is 1. The molecule has 1 aliphatic rings. The van der Waals surface area contributed by atoms with Crippen molar-refractivity contribution in [2.45, 2.75) is 58.9 Å². The van der Waals surface area contributed by atoms with Crippen LogP contribution >= 0.6 is 24.0 Å². The first-order valence-corrected chi connectivity index (χ1v) is 10.7. The average Bonchev–Trinajstić information content (AvgIpc) is 3.17. The van der Waals surface area contributed by atoms with Crippen LogP contribution in [0.4, 0.5) is 0 Å². The van der Waals surface area contributed by atoms with Gasteiger partial charge >= 0.3 is 0 Å². The lowest BCUT2D eigenvalue weighted by Crippen LogP contribution is -2.44. The fraction of sp³-hybridized carbons (Fsp3) is 0.591. The van der Waals surface area contributed by atoms with Crippen molar-refractivity contribution in [1.82, 2.24) is 25.2 Å². The Labute approximate surface area is 196 Å². The SMILES string of the molecule is CCNC(=NCc1ccc(-n2ccnc2C)nc1)NCC1(CCO)CCCCC1.I. The van der Waals surface area contributed by atoms with Crippen LogP contribution in [0.25, 0.3) is 5.82 Å². The molecule has 3 N–H and O–H groups in total. The van der Waals surface area contributed by atoms with Crippen molar-refractivity contribution in [3.8, 4) is 5.82 Å². The molecule has 1 aliphatic carbocycles. The molecule has 2 aromatic rings. The zero-order valence-corrected chi connectivity index (χ0v) is 20.4. The van der Waals surface area contributed by atoms with Crippen LogP contribution in [0, 0.1) is 12.3 Å². The van der Waals surface area contributed by atoms with Crippen LogP contribution in [0.15, 0.2) is 35.7 Å². The molecule has 0 radical (unpaired) electrons. The fourth-order valence-corrected chi connectivity index (χ4v) is 4.11. The highest BCUT2D eigenvalue weighted by atomic mass is 127. The average molecular weight is 526 g/mol. The van der Waals surface area contributed by atoms with Gasteiger partial charge in [-0.1, -0.05) is 25.3 Å². The van der Waals surface area contributed by atoms with Crippen molar-refractivity contribution in [2.75, 3.05) is 19.7 Å². The van der Waals surface area contributed by atoms with E-state index >= 15 is 0 Å². The summed E-state index contributed by atoms with van der Waals surface area (Å²) in [4.78, 5) is 13.5.